The Bertz CT molecular complexity index is 1320. The molecule has 9 heteroatoms. The van der Waals surface area contributed by atoms with Crippen molar-refractivity contribution < 1.29 is 33.3 Å². The molecule has 488 valence electrons. The summed E-state index contributed by atoms with van der Waals surface area (Å²) < 4.78 is 22.2. The highest BCUT2D eigenvalue weighted by molar-refractivity contribution is 5.75. The Labute approximate surface area is 512 Å². The zero-order chi connectivity index (χ0) is 60.5. The van der Waals surface area contributed by atoms with Crippen molar-refractivity contribution in [2.45, 2.75) is 381 Å². The number of ketones is 1. The molecular formula is C73H144N2O7. The maximum Gasteiger partial charge on any atom is 0.508 e. The number of ether oxygens (including phenoxy) is 4. The third kappa shape index (κ3) is 68.6. The molecule has 0 aliphatic rings. The smallest absolute Gasteiger partial charge is 0.434 e. The van der Waals surface area contributed by atoms with Crippen LogP contribution in [0.15, 0.2) is 12.2 Å². The number of allylic oxidation sites excluding steroid dienone is 2. The number of unbranched alkanes of at least 4 members (excludes halogenated alkanes) is 38. The lowest BCUT2D eigenvalue weighted by atomic mass is 9.92. The van der Waals surface area contributed by atoms with Crippen LogP contribution in [-0.2, 0) is 23.7 Å². The van der Waals surface area contributed by atoms with Gasteiger partial charge < -0.3 is 33.5 Å². The van der Waals surface area contributed by atoms with Gasteiger partial charge in [-0.3, -0.25) is 0 Å². The highest BCUT2D eigenvalue weighted by atomic mass is 16.7. The van der Waals surface area contributed by atoms with Crippen LogP contribution in [-0.4, -0.2) is 94.6 Å². The first kappa shape index (κ1) is 81.9. The van der Waals surface area contributed by atoms with E-state index in [9.17, 15) is 14.4 Å². The zero-order valence-electron chi connectivity index (χ0n) is 56.7. The lowest BCUT2D eigenvalue weighted by Gasteiger charge is -2.18. The number of rotatable bonds is 63. The summed E-state index contributed by atoms with van der Waals surface area (Å²) in [7, 11) is 8.13. The second kappa shape index (κ2) is 68.0. The molecule has 0 aromatic heterocycles. The normalized spacial score (nSPS) is 12.7. The molecule has 0 radical (unpaired) electrons. The van der Waals surface area contributed by atoms with Crippen molar-refractivity contribution in [2.75, 3.05) is 54.5 Å². The minimum absolute atomic E-state index is 0.0145. The Morgan fingerprint density at radius 1 is 0.341 bits per heavy atom. The Balaban J connectivity index is 0. The summed E-state index contributed by atoms with van der Waals surface area (Å²) in [5.74, 6) is 0.845. The topological polar surface area (TPSA) is 94.6 Å². The van der Waals surface area contributed by atoms with Gasteiger partial charge in [0.15, 0.2) is 0 Å². The molecule has 9 nitrogen and oxygen atoms in total. The molecule has 0 aromatic carbocycles. The van der Waals surface area contributed by atoms with Crippen LogP contribution in [0.5, 0.6) is 0 Å². The molecule has 0 aliphatic carbocycles. The Kier molecular flexibility index (Phi) is 67.9. The van der Waals surface area contributed by atoms with Gasteiger partial charge in [0, 0.05) is 19.5 Å². The Hall–Kier alpha value is -2.13. The first-order valence-electron chi connectivity index (χ1n) is 36.1. The van der Waals surface area contributed by atoms with Crippen molar-refractivity contribution >= 4 is 18.1 Å². The maximum absolute atomic E-state index is 12.3. The standard InChI is InChI=1S/C37H71NO4.C36H73NO3/c1-6-8-10-12-13-17-20-24-29-36(42-37(40)41-32-26-31-38(4)5)30-25-21-18-15-14-16-19-23-28-35(33-34(3)39)27-22-11-9-7-2;1-5-7-9-11-13-15-16-17-18-19-20-21-22-23-25-27-29-32-35(31-28-26-24-14-12-10-8-6-2)40-36(38)39-34-30-33-37(3)4/h19,23,35-36H,6-18,20-22,24-33H2,1-5H3;35H,5-34H2,1-4H3/b23-19-;/t35-,36?;/m1./s1. The third-order valence-electron chi connectivity index (χ3n) is 16.4. The number of hydrogen-bond acceptors (Lipinski definition) is 9. The van der Waals surface area contributed by atoms with E-state index in [1.54, 1.807) is 6.92 Å². The van der Waals surface area contributed by atoms with Crippen molar-refractivity contribution in [1.29, 1.82) is 0 Å². The van der Waals surface area contributed by atoms with Gasteiger partial charge in [-0.2, -0.15) is 0 Å². The van der Waals surface area contributed by atoms with Crippen LogP contribution < -0.4 is 0 Å². The summed E-state index contributed by atoms with van der Waals surface area (Å²) in [6, 6.07) is 0. The number of Topliss-reactive ketones (excluding diaryl/α,β-unsaturated/α-hetero) is 1. The van der Waals surface area contributed by atoms with Crippen LogP contribution in [0.3, 0.4) is 0 Å². The average Bonchev–Trinajstić information content (AvgIpc) is 3.44. The first-order valence-corrected chi connectivity index (χ1v) is 36.1. The Morgan fingerprint density at radius 2 is 0.610 bits per heavy atom. The first-order chi connectivity index (χ1) is 40.0. The number of hydrogen-bond donors (Lipinski definition) is 0. The highest BCUT2D eigenvalue weighted by Gasteiger charge is 2.17. The quantitative estimate of drug-likeness (QED) is 0.0335. The molecule has 0 bridgehead atoms. The van der Waals surface area contributed by atoms with Crippen LogP contribution >= 0.6 is 0 Å². The van der Waals surface area contributed by atoms with Crippen molar-refractivity contribution in [3.8, 4) is 0 Å². The van der Waals surface area contributed by atoms with E-state index in [1.165, 1.54) is 250 Å². The fourth-order valence-electron chi connectivity index (χ4n) is 11.2. The van der Waals surface area contributed by atoms with Crippen molar-refractivity contribution in [3.63, 3.8) is 0 Å². The molecule has 0 aromatic rings. The molecule has 0 saturated heterocycles. The number of carbonyl (C=O) groups is 3. The summed E-state index contributed by atoms with van der Waals surface area (Å²) >= 11 is 0. The van der Waals surface area contributed by atoms with Gasteiger partial charge in [-0.05, 0) is 131 Å². The SMILES string of the molecule is CCCCCCCCCCC(CCCCCCC/C=C\C[C@@H](CCCCCC)CC(C)=O)OC(=O)OCCCN(C)C.CCCCCCCCCCCCCCCCCCCC(CCCCCCCCCC)OC(=O)OCCCN(C)C. The van der Waals surface area contributed by atoms with E-state index in [0.29, 0.717) is 24.9 Å². The van der Waals surface area contributed by atoms with Crippen LogP contribution in [0.1, 0.15) is 369 Å². The largest absolute Gasteiger partial charge is 0.508 e. The van der Waals surface area contributed by atoms with Crippen molar-refractivity contribution in [1.82, 2.24) is 9.80 Å². The van der Waals surface area contributed by atoms with E-state index in [1.807, 2.05) is 28.2 Å². The molecule has 3 atom stereocenters. The van der Waals surface area contributed by atoms with Gasteiger partial charge in [0.2, 0.25) is 0 Å². The molecule has 0 amide bonds. The number of carbonyl (C=O) groups excluding carboxylic acids is 3. The van der Waals surface area contributed by atoms with E-state index >= 15 is 0 Å². The van der Waals surface area contributed by atoms with Crippen LogP contribution in [0, 0.1) is 5.92 Å². The molecule has 0 spiro atoms. The fourth-order valence-corrected chi connectivity index (χ4v) is 11.2. The number of nitrogens with zero attached hydrogens (tertiary/aromatic N) is 2. The molecule has 2 unspecified atom stereocenters. The molecular weight excluding hydrogens is 1020 g/mol. The summed E-state index contributed by atoms with van der Waals surface area (Å²) in [6.45, 7) is 13.5. The zero-order valence-corrected chi connectivity index (χ0v) is 56.7. The van der Waals surface area contributed by atoms with Gasteiger partial charge in [-0.25, -0.2) is 9.59 Å². The molecule has 0 rings (SSSR count). The third-order valence-corrected chi connectivity index (χ3v) is 16.4. The molecule has 0 N–H and O–H groups in total. The van der Waals surface area contributed by atoms with Crippen molar-refractivity contribution in [2.24, 2.45) is 5.92 Å². The van der Waals surface area contributed by atoms with Crippen LogP contribution in [0.25, 0.3) is 0 Å². The van der Waals surface area contributed by atoms with Gasteiger partial charge in [0.25, 0.3) is 0 Å². The van der Waals surface area contributed by atoms with E-state index < -0.39 is 12.3 Å². The van der Waals surface area contributed by atoms with Crippen LogP contribution in [0.2, 0.25) is 0 Å². The van der Waals surface area contributed by atoms with Gasteiger partial charge >= 0.3 is 12.3 Å². The lowest BCUT2D eigenvalue weighted by Crippen LogP contribution is -2.21. The van der Waals surface area contributed by atoms with E-state index in [-0.39, 0.29) is 12.2 Å². The van der Waals surface area contributed by atoms with E-state index in [0.717, 1.165) is 96.6 Å². The van der Waals surface area contributed by atoms with Crippen LogP contribution in [0.4, 0.5) is 9.59 Å². The molecule has 0 saturated carbocycles. The molecule has 0 heterocycles. The summed E-state index contributed by atoms with van der Waals surface area (Å²) in [4.78, 5) is 40.4. The van der Waals surface area contributed by atoms with Gasteiger partial charge in [-0.1, -0.05) is 277 Å². The molecule has 82 heavy (non-hydrogen) atoms. The van der Waals surface area contributed by atoms with E-state index in [2.05, 4.69) is 49.6 Å². The minimum atomic E-state index is -0.489. The Morgan fingerprint density at radius 3 is 0.902 bits per heavy atom. The lowest BCUT2D eigenvalue weighted by molar-refractivity contribution is -0.117. The second-order valence-corrected chi connectivity index (χ2v) is 25.6. The van der Waals surface area contributed by atoms with Crippen molar-refractivity contribution in [3.05, 3.63) is 12.2 Å². The van der Waals surface area contributed by atoms with E-state index in [4.69, 9.17) is 18.9 Å². The summed E-state index contributed by atoms with van der Waals surface area (Å²) in [5, 5.41) is 0. The predicted octanol–water partition coefficient (Wildman–Crippen LogP) is 23.3. The maximum atomic E-state index is 12.3. The molecule has 0 aliphatic heterocycles. The van der Waals surface area contributed by atoms with Gasteiger partial charge in [0.1, 0.15) is 18.0 Å². The second-order valence-electron chi connectivity index (χ2n) is 25.6. The monoisotopic (exact) mass is 1160 g/mol. The van der Waals surface area contributed by atoms with Gasteiger partial charge in [0.05, 0.1) is 13.2 Å². The average molecular weight is 1160 g/mol. The predicted molar refractivity (Wildman–Crippen MR) is 356 cm³/mol. The van der Waals surface area contributed by atoms with Gasteiger partial charge in [-0.15, -0.1) is 0 Å². The fraction of sp³-hybridized carbons (Fsp3) is 0.932. The summed E-state index contributed by atoms with van der Waals surface area (Å²) in [6.07, 6.45) is 68.9. The highest BCUT2D eigenvalue weighted by Crippen LogP contribution is 2.23. The summed E-state index contributed by atoms with van der Waals surface area (Å²) in [5.41, 5.74) is 0. The molecule has 0 fully saturated rings. The minimum Gasteiger partial charge on any atom is -0.434 e.